The molecule has 0 rings (SSSR count). The number of Topliss-reactive ketones (excluding diaryl/α,β-unsaturated/α-hetero) is 1. The summed E-state index contributed by atoms with van der Waals surface area (Å²) in [7, 11) is 0. The molecule has 0 N–H and O–H groups in total. The third-order valence-corrected chi connectivity index (χ3v) is 2.46. The van der Waals surface area contributed by atoms with Crippen LogP contribution in [0.1, 0.15) is 46.0 Å². The van der Waals surface area contributed by atoms with Gasteiger partial charge in [-0.05, 0) is 12.5 Å². The van der Waals surface area contributed by atoms with Gasteiger partial charge in [-0.3, -0.25) is 9.59 Å². The molecule has 0 radical (unpaired) electrons. The van der Waals surface area contributed by atoms with Gasteiger partial charge < -0.3 is 4.74 Å². The number of carbonyl (C=O) groups excluding carboxylic acids is 2. The smallest absolute Gasteiger partial charge is 0.313 e. The standard InChI is InChI=1S/C14H22O3/c1-4-6-7-8-10-17-14(16)11-13(15)12(3)9-5-2/h9,12H,2,4,6-8,10-11H2,1,3H3. The van der Waals surface area contributed by atoms with Crippen LogP contribution in [-0.2, 0) is 14.3 Å². The molecule has 0 aliphatic rings. The minimum atomic E-state index is -0.434. The summed E-state index contributed by atoms with van der Waals surface area (Å²) in [5, 5.41) is 0. The van der Waals surface area contributed by atoms with Crippen molar-refractivity contribution < 1.29 is 14.3 Å². The van der Waals surface area contributed by atoms with Gasteiger partial charge in [-0.1, -0.05) is 39.7 Å². The molecule has 0 aliphatic carbocycles. The van der Waals surface area contributed by atoms with E-state index in [1.54, 1.807) is 13.0 Å². The summed E-state index contributed by atoms with van der Waals surface area (Å²) < 4.78 is 4.98. The summed E-state index contributed by atoms with van der Waals surface area (Å²) in [6, 6.07) is 0. The van der Waals surface area contributed by atoms with E-state index in [1.807, 2.05) is 0 Å². The first-order valence-electron chi connectivity index (χ1n) is 6.16. The van der Waals surface area contributed by atoms with Gasteiger partial charge in [-0.25, -0.2) is 0 Å². The summed E-state index contributed by atoms with van der Waals surface area (Å²) in [5.41, 5.74) is 2.54. The Bertz CT molecular complexity index is 288. The maximum atomic E-state index is 11.5. The molecule has 0 spiro atoms. The molecule has 0 amide bonds. The average Bonchev–Trinajstić information content (AvgIpc) is 2.29. The minimum Gasteiger partial charge on any atom is -0.465 e. The van der Waals surface area contributed by atoms with E-state index in [0.717, 1.165) is 25.7 Å². The van der Waals surface area contributed by atoms with Crippen molar-refractivity contribution in [3.63, 3.8) is 0 Å². The molecule has 0 aliphatic heterocycles. The van der Waals surface area contributed by atoms with E-state index in [0.29, 0.717) is 6.61 Å². The summed E-state index contributed by atoms with van der Waals surface area (Å²) in [6.45, 7) is 7.65. The SMILES string of the molecule is C=C=CC(C)C(=O)CC(=O)OCCCCCC. The molecule has 1 atom stereocenters. The van der Waals surface area contributed by atoms with Gasteiger partial charge in [0.1, 0.15) is 6.42 Å². The summed E-state index contributed by atoms with van der Waals surface area (Å²) in [5.74, 6) is -0.907. The van der Waals surface area contributed by atoms with Crippen LogP contribution in [0.5, 0.6) is 0 Å². The predicted molar refractivity (Wildman–Crippen MR) is 67.6 cm³/mol. The number of carbonyl (C=O) groups is 2. The molecule has 17 heavy (non-hydrogen) atoms. The van der Waals surface area contributed by atoms with Gasteiger partial charge in [0.25, 0.3) is 0 Å². The highest BCUT2D eigenvalue weighted by molar-refractivity contribution is 5.97. The minimum absolute atomic E-state index is 0.153. The Morgan fingerprint density at radius 2 is 2.06 bits per heavy atom. The van der Waals surface area contributed by atoms with Crippen molar-refractivity contribution in [2.24, 2.45) is 5.92 Å². The van der Waals surface area contributed by atoms with Gasteiger partial charge in [0.05, 0.1) is 6.61 Å². The van der Waals surface area contributed by atoms with Crippen molar-refractivity contribution in [1.82, 2.24) is 0 Å². The lowest BCUT2D eigenvalue weighted by Gasteiger charge is -2.06. The van der Waals surface area contributed by atoms with E-state index in [-0.39, 0.29) is 18.1 Å². The molecule has 96 valence electrons. The number of allylic oxidation sites excluding steroid dienone is 1. The number of hydrogen-bond acceptors (Lipinski definition) is 3. The zero-order valence-corrected chi connectivity index (χ0v) is 10.8. The molecule has 0 saturated heterocycles. The normalized spacial score (nSPS) is 11.4. The highest BCUT2D eigenvalue weighted by atomic mass is 16.5. The zero-order chi connectivity index (χ0) is 13.1. The van der Waals surface area contributed by atoms with Crippen molar-refractivity contribution in [2.45, 2.75) is 46.0 Å². The van der Waals surface area contributed by atoms with Crippen LogP contribution in [0, 0.1) is 5.92 Å². The predicted octanol–water partition coefficient (Wildman–Crippen LogP) is 3.05. The fourth-order valence-corrected chi connectivity index (χ4v) is 1.34. The van der Waals surface area contributed by atoms with E-state index in [1.165, 1.54) is 0 Å². The van der Waals surface area contributed by atoms with Gasteiger partial charge in [0.15, 0.2) is 5.78 Å². The Kier molecular flexibility index (Phi) is 9.08. The first kappa shape index (κ1) is 15.7. The molecule has 3 heteroatoms. The number of unbranched alkanes of at least 4 members (excludes halogenated alkanes) is 3. The van der Waals surface area contributed by atoms with Crippen molar-refractivity contribution in [3.05, 3.63) is 18.4 Å². The molecule has 3 nitrogen and oxygen atoms in total. The van der Waals surface area contributed by atoms with Crippen LogP contribution in [0.25, 0.3) is 0 Å². The number of esters is 1. The van der Waals surface area contributed by atoms with Crippen LogP contribution in [0.4, 0.5) is 0 Å². The maximum absolute atomic E-state index is 11.5. The quantitative estimate of drug-likeness (QED) is 0.268. The lowest BCUT2D eigenvalue weighted by Crippen LogP contribution is -2.16. The fraction of sp³-hybridized carbons (Fsp3) is 0.643. The number of rotatable bonds is 9. The Hall–Kier alpha value is -1.34. The largest absolute Gasteiger partial charge is 0.465 e. The van der Waals surface area contributed by atoms with E-state index in [9.17, 15) is 9.59 Å². The van der Waals surface area contributed by atoms with E-state index >= 15 is 0 Å². The van der Waals surface area contributed by atoms with E-state index in [2.05, 4.69) is 19.2 Å². The van der Waals surface area contributed by atoms with E-state index < -0.39 is 5.97 Å². The number of ether oxygens (including phenoxy) is 1. The van der Waals surface area contributed by atoms with Gasteiger partial charge in [0, 0.05) is 5.92 Å². The fourth-order valence-electron chi connectivity index (χ4n) is 1.34. The monoisotopic (exact) mass is 238 g/mol. The van der Waals surface area contributed by atoms with E-state index in [4.69, 9.17) is 4.74 Å². The van der Waals surface area contributed by atoms with Crippen LogP contribution in [0.2, 0.25) is 0 Å². The second-order valence-corrected chi connectivity index (χ2v) is 4.08. The first-order chi connectivity index (χ1) is 8.11. The molecule has 0 heterocycles. The van der Waals surface area contributed by atoms with Crippen molar-refractivity contribution in [1.29, 1.82) is 0 Å². The molecular formula is C14H22O3. The van der Waals surface area contributed by atoms with Crippen LogP contribution in [0.15, 0.2) is 18.4 Å². The molecule has 0 saturated carbocycles. The lowest BCUT2D eigenvalue weighted by molar-refractivity contribution is -0.146. The van der Waals surface area contributed by atoms with Gasteiger partial charge in [0.2, 0.25) is 0 Å². The summed E-state index contributed by atoms with van der Waals surface area (Å²) in [6.07, 6.45) is 5.63. The molecule has 0 fully saturated rings. The van der Waals surface area contributed by atoms with Crippen molar-refractivity contribution >= 4 is 11.8 Å². The lowest BCUT2D eigenvalue weighted by atomic mass is 10.0. The van der Waals surface area contributed by atoms with Crippen LogP contribution >= 0.6 is 0 Å². The molecule has 0 aromatic rings. The molecule has 0 aromatic carbocycles. The summed E-state index contributed by atoms with van der Waals surface area (Å²) in [4.78, 5) is 22.8. The average molecular weight is 238 g/mol. The highest BCUT2D eigenvalue weighted by Gasteiger charge is 2.15. The van der Waals surface area contributed by atoms with Gasteiger partial charge in [-0.2, -0.15) is 0 Å². The highest BCUT2D eigenvalue weighted by Crippen LogP contribution is 2.04. The zero-order valence-electron chi connectivity index (χ0n) is 10.8. The van der Waals surface area contributed by atoms with Gasteiger partial charge in [-0.15, -0.1) is 5.73 Å². The second kappa shape index (κ2) is 9.86. The molecule has 1 unspecified atom stereocenters. The Balaban J connectivity index is 3.71. The van der Waals surface area contributed by atoms with Crippen molar-refractivity contribution in [2.75, 3.05) is 6.61 Å². The molecule has 0 bridgehead atoms. The Morgan fingerprint density at radius 3 is 2.65 bits per heavy atom. The third kappa shape index (κ3) is 8.47. The number of ketones is 1. The molecule has 0 aromatic heterocycles. The number of hydrogen-bond donors (Lipinski definition) is 0. The third-order valence-electron chi connectivity index (χ3n) is 2.46. The topological polar surface area (TPSA) is 43.4 Å². The first-order valence-corrected chi connectivity index (χ1v) is 6.16. The van der Waals surface area contributed by atoms with Crippen LogP contribution in [0.3, 0.4) is 0 Å². The maximum Gasteiger partial charge on any atom is 0.313 e. The van der Waals surface area contributed by atoms with Gasteiger partial charge >= 0.3 is 5.97 Å². The van der Waals surface area contributed by atoms with Crippen LogP contribution in [-0.4, -0.2) is 18.4 Å². The van der Waals surface area contributed by atoms with Crippen molar-refractivity contribution in [3.8, 4) is 0 Å². The summed E-state index contributed by atoms with van der Waals surface area (Å²) >= 11 is 0. The molecular weight excluding hydrogens is 216 g/mol. The second-order valence-electron chi connectivity index (χ2n) is 4.08. The Morgan fingerprint density at radius 1 is 1.35 bits per heavy atom. The van der Waals surface area contributed by atoms with Crippen LogP contribution < -0.4 is 0 Å². The Labute approximate surface area is 104 Å².